The van der Waals surface area contributed by atoms with Crippen molar-refractivity contribution in [1.82, 2.24) is 20.4 Å². The lowest BCUT2D eigenvalue weighted by molar-refractivity contribution is 0.0177. The Morgan fingerprint density at radius 1 is 1.29 bits per heavy atom. The summed E-state index contributed by atoms with van der Waals surface area (Å²) in [6, 6.07) is 5.51. The van der Waals surface area contributed by atoms with E-state index in [4.69, 9.17) is 4.74 Å². The zero-order chi connectivity index (χ0) is 19.6. The van der Waals surface area contributed by atoms with Crippen LogP contribution in [0, 0.1) is 0 Å². The molecule has 1 aromatic rings. The molecular formula is C21H37N5OS. The van der Waals surface area contributed by atoms with E-state index < -0.39 is 0 Å². The van der Waals surface area contributed by atoms with Crippen LogP contribution in [0.25, 0.3) is 0 Å². The average Bonchev–Trinajstić information content (AvgIpc) is 3.28. The lowest BCUT2D eigenvalue weighted by Gasteiger charge is -2.35. The highest BCUT2D eigenvalue weighted by Crippen LogP contribution is 2.25. The van der Waals surface area contributed by atoms with Crippen LogP contribution >= 0.6 is 11.3 Å². The molecule has 28 heavy (non-hydrogen) atoms. The molecule has 2 fully saturated rings. The van der Waals surface area contributed by atoms with Crippen molar-refractivity contribution in [3.63, 3.8) is 0 Å². The quantitative estimate of drug-likeness (QED) is 0.512. The van der Waals surface area contributed by atoms with Gasteiger partial charge in [0.2, 0.25) is 0 Å². The van der Waals surface area contributed by atoms with Crippen LogP contribution in [0.15, 0.2) is 22.5 Å². The van der Waals surface area contributed by atoms with E-state index in [0.29, 0.717) is 6.04 Å². The highest BCUT2D eigenvalue weighted by Gasteiger charge is 2.24. The summed E-state index contributed by atoms with van der Waals surface area (Å²) >= 11 is 1.83. The number of hydrogen-bond donors (Lipinski definition) is 2. The Morgan fingerprint density at radius 2 is 2.14 bits per heavy atom. The lowest BCUT2D eigenvalue weighted by Crippen LogP contribution is -2.48. The second-order valence-corrected chi connectivity index (χ2v) is 8.63. The van der Waals surface area contributed by atoms with Crippen LogP contribution in [-0.2, 0) is 4.74 Å². The number of likely N-dealkylation sites (tertiary alicyclic amines) is 1. The fraction of sp³-hybridized carbons (Fsp3) is 0.762. The molecule has 3 heterocycles. The van der Waals surface area contributed by atoms with Crippen molar-refractivity contribution < 1.29 is 4.74 Å². The molecule has 158 valence electrons. The van der Waals surface area contributed by atoms with Gasteiger partial charge in [0.25, 0.3) is 0 Å². The van der Waals surface area contributed by atoms with Crippen LogP contribution < -0.4 is 10.6 Å². The maximum Gasteiger partial charge on any atom is 0.191 e. The Hall–Kier alpha value is -1.15. The van der Waals surface area contributed by atoms with Gasteiger partial charge >= 0.3 is 0 Å². The van der Waals surface area contributed by atoms with Gasteiger partial charge in [-0.05, 0) is 37.3 Å². The van der Waals surface area contributed by atoms with Crippen molar-refractivity contribution in [2.24, 2.45) is 4.99 Å². The van der Waals surface area contributed by atoms with E-state index in [0.717, 1.165) is 57.9 Å². The molecule has 0 spiro atoms. The summed E-state index contributed by atoms with van der Waals surface area (Å²) in [4.78, 5) is 11.0. The predicted octanol–water partition coefficient (Wildman–Crippen LogP) is 2.55. The maximum absolute atomic E-state index is 5.54. The van der Waals surface area contributed by atoms with Gasteiger partial charge in [-0.15, -0.1) is 11.3 Å². The monoisotopic (exact) mass is 407 g/mol. The maximum atomic E-state index is 5.54. The first kappa shape index (κ1) is 21.6. The minimum atomic E-state index is 0.369. The molecule has 0 amide bonds. The standard InChI is InChI=1S/C21H37N5OS/c1-3-18-7-4-5-10-25(18)11-9-23-21(22-2)24-17-19(20-8-6-16-28-20)26-12-14-27-15-13-26/h6,8,16,18-19H,3-5,7,9-15,17H2,1-2H3,(H2,22,23,24). The topological polar surface area (TPSA) is 52.1 Å². The molecule has 0 aliphatic carbocycles. The number of rotatable bonds is 8. The molecule has 6 nitrogen and oxygen atoms in total. The third-order valence-corrected chi connectivity index (χ3v) is 6.93. The number of piperidine rings is 1. The van der Waals surface area contributed by atoms with E-state index in [1.54, 1.807) is 0 Å². The number of hydrogen-bond acceptors (Lipinski definition) is 5. The van der Waals surface area contributed by atoms with Crippen LogP contribution in [-0.4, -0.2) is 81.3 Å². The first-order valence-corrected chi connectivity index (χ1v) is 11.7. The number of nitrogens with one attached hydrogen (secondary N) is 2. The minimum absolute atomic E-state index is 0.369. The lowest BCUT2D eigenvalue weighted by atomic mass is 10.0. The van der Waals surface area contributed by atoms with Gasteiger partial charge in [-0.1, -0.05) is 19.4 Å². The van der Waals surface area contributed by atoms with E-state index in [9.17, 15) is 0 Å². The van der Waals surface area contributed by atoms with Gasteiger partial charge in [0.1, 0.15) is 0 Å². The molecule has 1 aromatic heterocycles. The van der Waals surface area contributed by atoms with E-state index in [1.807, 2.05) is 18.4 Å². The molecule has 7 heteroatoms. The van der Waals surface area contributed by atoms with Crippen LogP contribution in [0.4, 0.5) is 0 Å². The van der Waals surface area contributed by atoms with Crippen LogP contribution in [0.2, 0.25) is 0 Å². The number of aliphatic imine (C=N–C) groups is 1. The Labute approximate surface area is 174 Å². The molecule has 2 saturated heterocycles. The highest BCUT2D eigenvalue weighted by atomic mass is 32.1. The zero-order valence-electron chi connectivity index (χ0n) is 17.5. The van der Waals surface area contributed by atoms with Crippen molar-refractivity contribution in [2.45, 2.75) is 44.7 Å². The van der Waals surface area contributed by atoms with E-state index in [2.05, 4.69) is 49.9 Å². The van der Waals surface area contributed by atoms with E-state index in [-0.39, 0.29) is 0 Å². The fourth-order valence-electron chi connectivity index (χ4n) is 4.33. The molecule has 2 aliphatic heterocycles. The Bertz CT molecular complexity index is 573. The minimum Gasteiger partial charge on any atom is -0.379 e. The molecule has 0 radical (unpaired) electrons. The SMILES string of the molecule is CCC1CCCCN1CCNC(=NC)NCC(c1cccs1)N1CCOCC1. The number of ether oxygens (including phenoxy) is 1. The van der Waals surface area contributed by atoms with Crippen molar-refractivity contribution >= 4 is 17.3 Å². The second-order valence-electron chi connectivity index (χ2n) is 7.65. The zero-order valence-corrected chi connectivity index (χ0v) is 18.3. The van der Waals surface area contributed by atoms with Gasteiger partial charge in [0, 0.05) is 50.7 Å². The first-order valence-electron chi connectivity index (χ1n) is 10.9. The van der Waals surface area contributed by atoms with Gasteiger partial charge in [-0.25, -0.2) is 0 Å². The molecule has 0 saturated carbocycles. The summed E-state index contributed by atoms with van der Waals surface area (Å²) in [5.74, 6) is 0.903. The van der Waals surface area contributed by atoms with Gasteiger partial charge in [0.15, 0.2) is 5.96 Å². The molecule has 2 N–H and O–H groups in total. The number of guanidine groups is 1. The number of nitrogens with zero attached hydrogens (tertiary/aromatic N) is 3. The largest absolute Gasteiger partial charge is 0.379 e. The summed E-state index contributed by atoms with van der Waals surface area (Å²) in [6.45, 7) is 10.1. The molecule has 0 aromatic carbocycles. The summed E-state index contributed by atoms with van der Waals surface area (Å²) in [6.07, 6.45) is 5.34. The van der Waals surface area contributed by atoms with Crippen LogP contribution in [0.3, 0.4) is 0 Å². The first-order chi connectivity index (χ1) is 13.8. The van der Waals surface area contributed by atoms with Gasteiger partial charge in [-0.3, -0.25) is 14.8 Å². The third kappa shape index (κ3) is 6.17. The van der Waals surface area contributed by atoms with Crippen molar-refractivity contribution in [3.05, 3.63) is 22.4 Å². The van der Waals surface area contributed by atoms with Gasteiger partial charge in [-0.2, -0.15) is 0 Å². The van der Waals surface area contributed by atoms with E-state index >= 15 is 0 Å². The Balaban J connectivity index is 1.47. The Morgan fingerprint density at radius 3 is 2.86 bits per heavy atom. The number of thiophene rings is 1. The summed E-state index contributed by atoms with van der Waals surface area (Å²) in [7, 11) is 1.86. The molecule has 3 rings (SSSR count). The van der Waals surface area contributed by atoms with Crippen molar-refractivity contribution in [3.8, 4) is 0 Å². The highest BCUT2D eigenvalue weighted by molar-refractivity contribution is 7.10. The summed E-state index contributed by atoms with van der Waals surface area (Å²) in [5, 5.41) is 9.25. The smallest absolute Gasteiger partial charge is 0.191 e. The van der Waals surface area contributed by atoms with Crippen molar-refractivity contribution in [2.75, 3.05) is 59.5 Å². The summed E-state index contributed by atoms with van der Waals surface area (Å²) < 4.78 is 5.54. The van der Waals surface area contributed by atoms with Crippen LogP contribution in [0.5, 0.6) is 0 Å². The van der Waals surface area contributed by atoms with E-state index in [1.165, 1.54) is 37.1 Å². The van der Waals surface area contributed by atoms with Gasteiger partial charge < -0.3 is 15.4 Å². The Kier molecular flexibility index (Phi) is 9.05. The molecular weight excluding hydrogens is 370 g/mol. The third-order valence-electron chi connectivity index (χ3n) is 5.96. The second kappa shape index (κ2) is 11.8. The average molecular weight is 408 g/mol. The summed E-state index contributed by atoms with van der Waals surface area (Å²) in [5.41, 5.74) is 0. The molecule has 2 aliphatic rings. The predicted molar refractivity (Wildman–Crippen MR) is 118 cm³/mol. The molecule has 2 atom stereocenters. The fourth-order valence-corrected chi connectivity index (χ4v) is 5.19. The van der Waals surface area contributed by atoms with Gasteiger partial charge in [0.05, 0.1) is 19.3 Å². The van der Waals surface area contributed by atoms with Crippen molar-refractivity contribution in [1.29, 1.82) is 0 Å². The molecule has 0 bridgehead atoms. The number of morpholine rings is 1. The normalized spacial score (nSPS) is 23.5. The molecule has 2 unspecified atom stereocenters. The van der Waals surface area contributed by atoms with Crippen LogP contribution in [0.1, 0.15) is 43.5 Å².